The highest BCUT2D eigenvalue weighted by atomic mass is 35.5. The normalized spacial score (nSPS) is 14.9. The second-order valence-corrected chi connectivity index (χ2v) is 7.51. The number of carbonyl (C=O) groups is 2. The summed E-state index contributed by atoms with van der Waals surface area (Å²) in [5, 5.41) is 5.83. The van der Waals surface area contributed by atoms with Crippen LogP contribution in [0.15, 0.2) is 48.5 Å². The van der Waals surface area contributed by atoms with Crippen molar-refractivity contribution in [3.8, 4) is 5.75 Å². The zero-order chi connectivity index (χ0) is 20.6. The van der Waals surface area contributed by atoms with Crippen LogP contribution in [0.5, 0.6) is 5.75 Å². The summed E-state index contributed by atoms with van der Waals surface area (Å²) in [7, 11) is 1.56. The van der Waals surface area contributed by atoms with Gasteiger partial charge in [0.1, 0.15) is 5.75 Å². The third kappa shape index (κ3) is 6.47. The minimum atomic E-state index is -0.375. The molecule has 1 saturated carbocycles. The number of rotatable bonds is 7. The molecule has 0 radical (unpaired) electrons. The first-order valence-corrected chi connectivity index (χ1v) is 10.2. The average molecular weight is 432 g/mol. The van der Waals surface area contributed by atoms with Crippen LogP contribution >= 0.6 is 12.4 Å². The SMILES string of the molecule is COc1ccc(NC(=O)CC(N)c2ccccc2)cc1NC(=O)C1CCCCC1.Cl. The van der Waals surface area contributed by atoms with Gasteiger partial charge in [-0.3, -0.25) is 9.59 Å². The third-order valence-corrected chi connectivity index (χ3v) is 5.35. The number of halogens is 1. The lowest BCUT2D eigenvalue weighted by molar-refractivity contribution is -0.120. The number of nitrogens with two attached hydrogens (primary N) is 1. The Morgan fingerprint density at radius 1 is 1.07 bits per heavy atom. The molecule has 0 bridgehead atoms. The monoisotopic (exact) mass is 431 g/mol. The lowest BCUT2D eigenvalue weighted by Crippen LogP contribution is -2.25. The Labute approximate surface area is 184 Å². The molecule has 2 aromatic rings. The second-order valence-electron chi connectivity index (χ2n) is 7.51. The summed E-state index contributed by atoms with van der Waals surface area (Å²) in [5.74, 6) is 0.428. The molecule has 2 amide bonds. The zero-order valence-electron chi connectivity index (χ0n) is 17.2. The molecule has 1 unspecified atom stereocenters. The number of hydrogen-bond donors (Lipinski definition) is 3. The molecule has 2 aromatic carbocycles. The molecule has 0 spiro atoms. The van der Waals surface area contributed by atoms with E-state index in [0.717, 1.165) is 31.2 Å². The van der Waals surface area contributed by atoms with Crippen LogP contribution in [0, 0.1) is 5.92 Å². The van der Waals surface area contributed by atoms with Crippen LogP contribution in [0.2, 0.25) is 0 Å². The molecule has 0 heterocycles. The summed E-state index contributed by atoms with van der Waals surface area (Å²) in [6.45, 7) is 0. The lowest BCUT2D eigenvalue weighted by Gasteiger charge is -2.21. The van der Waals surface area contributed by atoms with Gasteiger partial charge < -0.3 is 21.1 Å². The van der Waals surface area contributed by atoms with Crippen molar-refractivity contribution < 1.29 is 14.3 Å². The van der Waals surface area contributed by atoms with E-state index >= 15 is 0 Å². The van der Waals surface area contributed by atoms with E-state index in [0.29, 0.717) is 17.1 Å². The van der Waals surface area contributed by atoms with Crippen molar-refractivity contribution in [3.05, 3.63) is 54.1 Å². The van der Waals surface area contributed by atoms with Gasteiger partial charge in [0.05, 0.1) is 12.8 Å². The highest BCUT2D eigenvalue weighted by Gasteiger charge is 2.22. The van der Waals surface area contributed by atoms with Gasteiger partial charge in [-0.05, 0) is 36.6 Å². The number of methoxy groups -OCH3 is 1. The first-order valence-electron chi connectivity index (χ1n) is 10.2. The van der Waals surface area contributed by atoms with Gasteiger partial charge in [-0.1, -0.05) is 49.6 Å². The molecule has 7 heteroatoms. The summed E-state index contributed by atoms with van der Waals surface area (Å²) >= 11 is 0. The van der Waals surface area contributed by atoms with E-state index in [2.05, 4.69) is 10.6 Å². The molecule has 30 heavy (non-hydrogen) atoms. The molecule has 1 aliphatic rings. The molecule has 1 aliphatic carbocycles. The summed E-state index contributed by atoms with van der Waals surface area (Å²) < 4.78 is 5.37. The standard InChI is InChI=1S/C23H29N3O3.ClH/c1-29-21-13-12-18(14-20(21)26-23(28)17-10-6-3-7-11-17)25-22(27)15-19(24)16-8-4-2-5-9-16;/h2,4-5,8-9,12-14,17,19H,3,6-7,10-11,15,24H2,1H3,(H,25,27)(H,26,28);1H. The number of anilines is 2. The topological polar surface area (TPSA) is 93.4 Å². The molecular weight excluding hydrogens is 402 g/mol. The summed E-state index contributed by atoms with van der Waals surface area (Å²) in [6.07, 6.45) is 5.38. The number of carbonyl (C=O) groups excluding carboxylic acids is 2. The van der Waals surface area contributed by atoms with Crippen LogP contribution in [0.4, 0.5) is 11.4 Å². The molecule has 4 N–H and O–H groups in total. The molecule has 1 fully saturated rings. The Morgan fingerprint density at radius 2 is 1.77 bits per heavy atom. The minimum Gasteiger partial charge on any atom is -0.495 e. The maximum absolute atomic E-state index is 12.6. The van der Waals surface area contributed by atoms with Gasteiger partial charge in [-0.2, -0.15) is 0 Å². The van der Waals surface area contributed by atoms with Gasteiger partial charge in [0, 0.05) is 24.1 Å². The van der Waals surface area contributed by atoms with Crippen molar-refractivity contribution in [2.75, 3.05) is 17.7 Å². The molecule has 162 valence electrons. The van der Waals surface area contributed by atoms with Gasteiger partial charge in [-0.15, -0.1) is 12.4 Å². The predicted octanol–water partition coefficient (Wildman–Crippen LogP) is 4.66. The molecule has 0 saturated heterocycles. The van der Waals surface area contributed by atoms with E-state index < -0.39 is 0 Å². The van der Waals surface area contributed by atoms with Gasteiger partial charge >= 0.3 is 0 Å². The number of ether oxygens (including phenoxy) is 1. The largest absolute Gasteiger partial charge is 0.495 e. The first kappa shape index (κ1) is 23.7. The zero-order valence-corrected chi connectivity index (χ0v) is 18.0. The van der Waals surface area contributed by atoms with Crippen LogP contribution in [-0.4, -0.2) is 18.9 Å². The van der Waals surface area contributed by atoms with Crippen LogP contribution in [0.3, 0.4) is 0 Å². The third-order valence-electron chi connectivity index (χ3n) is 5.35. The lowest BCUT2D eigenvalue weighted by atomic mass is 9.88. The van der Waals surface area contributed by atoms with Crippen molar-refractivity contribution in [2.24, 2.45) is 11.7 Å². The summed E-state index contributed by atoms with van der Waals surface area (Å²) in [6, 6.07) is 14.4. The van der Waals surface area contributed by atoms with Crippen molar-refractivity contribution in [1.29, 1.82) is 0 Å². The van der Waals surface area contributed by atoms with Gasteiger partial charge in [0.25, 0.3) is 0 Å². The van der Waals surface area contributed by atoms with Crippen LogP contribution in [0.1, 0.15) is 50.1 Å². The Morgan fingerprint density at radius 3 is 2.43 bits per heavy atom. The fraction of sp³-hybridized carbons (Fsp3) is 0.391. The first-order chi connectivity index (χ1) is 14.1. The fourth-order valence-corrected chi connectivity index (χ4v) is 3.71. The fourth-order valence-electron chi connectivity index (χ4n) is 3.71. The maximum atomic E-state index is 12.6. The van der Waals surface area contributed by atoms with Crippen molar-refractivity contribution in [1.82, 2.24) is 0 Å². The molecule has 3 rings (SSSR count). The average Bonchev–Trinajstić information content (AvgIpc) is 2.75. The molecule has 6 nitrogen and oxygen atoms in total. The van der Waals surface area contributed by atoms with Crippen LogP contribution in [-0.2, 0) is 9.59 Å². The molecule has 0 aliphatic heterocycles. The van der Waals surface area contributed by atoms with Gasteiger partial charge in [0.2, 0.25) is 11.8 Å². The van der Waals surface area contributed by atoms with E-state index in [-0.39, 0.29) is 42.6 Å². The Bertz CT molecular complexity index is 839. The molecule has 1 atom stereocenters. The number of nitrogens with one attached hydrogen (secondary N) is 2. The summed E-state index contributed by atoms with van der Waals surface area (Å²) in [4.78, 5) is 25.0. The highest BCUT2D eigenvalue weighted by molar-refractivity contribution is 5.96. The second kappa shape index (κ2) is 11.6. The van der Waals surface area contributed by atoms with Gasteiger partial charge in [-0.25, -0.2) is 0 Å². The maximum Gasteiger partial charge on any atom is 0.227 e. The molecular formula is C23H30ClN3O3. The highest BCUT2D eigenvalue weighted by Crippen LogP contribution is 2.31. The number of hydrogen-bond acceptors (Lipinski definition) is 4. The van der Waals surface area contributed by atoms with Crippen molar-refractivity contribution in [2.45, 2.75) is 44.6 Å². The minimum absolute atomic E-state index is 0. The van der Waals surface area contributed by atoms with E-state index in [4.69, 9.17) is 10.5 Å². The van der Waals surface area contributed by atoms with Gasteiger partial charge in [0.15, 0.2) is 0 Å². The Balaban J connectivity index is 0.00000320. The van der Waals surface area contributed by atoms with E-state index in [9.17, 15) is 9.59 Å². The van der Waals surface area contributed by atoms with E-state index in [1.807, 2.05) is 30.3 Å². The quantitative estimate of drug-likeness (QED) is 0.594. The number of benzene rings is 2. The smallest absolute Gasteiger partial charge is 0.227 e. The van der Waals surface area contributed by atoms with Crippen molar-refractivity contribution in [3.63, 3.8) is 0 Å². The Kier molecular flexibility index (Phi) is 9.15. The summed E-state index contributed by atoms with van der Waals surface area (Å²) in [5.41, 5.74) is 8.21. The van der Waals surface area contributed by atoms with Crippen LogP contribution in [0.25, 0.3) is 0 Å². The van der Waals surface area contributed by atoms with Crippen molar-refractivity contribution >= 4 is 35.6 Å². The molecule has 0 aromatic heterocycles. The Hall–Kier alpha value is -2.57. The van der Waals surface area contributed by atoms with Crippen LogP contribution < -0.4 is 21.1 Å². The predicted molar refractivity (Wildman–Crippen MR) is 122 cm³/mol. The number of amides is 2. The van der Waals surface area contributed by atoms with E-state index in [1.54, 1.807) is 25.3 Å². The van der Waals surface area contributed by atoms with E-state index in [1.165, 1.54) is 6.42 Å².